The van der Waals surface area contributed by atoms with Gasteiger partial charge in [-0.15, -0.1) is 0 Å². The molecule has 3 rings (SSSR count). The molecule has 0 aliphatic carbocycles. The van der Waals surface area contributed by atoms with Crippen molar-refractivity contribution in [3.63, 3.8) is 0 Å². The van der Waals surface area contributed by atoms with Crippen LogP contribution in [0.1, 0.15) is 33.9 Å². The molecule has 0 spiro atoms. The summed E-state index contributed by atoms with van der Waals surface area (Å²) in [5.74, 6) is -1.72. The van der Waals surface area contributed by atoms with E-state index < -0.39 is 55.7 Å². The lowest BCUT2D eigenvalue weighted by Gasteiger charge is -2.26. The summed E-state index contributed by atoms with van der Waals surface area (Å²) in [6, 6.07) is 8.14. The monoisotopic (exact) mass is 540 g/mol. The van der Waals surface area contributed by atoms with Gasteiger partial charge in [-0.05, 0) is 45.9 Å². The van der Waals surface area contributed by atoms with E-state index in [1.807, 2.05) is 0 Å². The van der Waals surface area contributed by atoms with E-state index in [2.05, 4.69) is 10.1 Å². The number of hydrogen-bond acceptors (Lipinski definition) is 12. The fraction of sp³-hybridized carbons (Fsp3) is 0.409. The number of esters is 1. The van der Waals surface area contributed by atoms with Crippen molar-refractivity contribution in [2.45, 2.75) is 51.7 Å². The molecule has 0 saturated carbocycles. The van der Waals surface area contributed by atoms with Crippen molar-refractivity contribution in [3.8, 4) is 5.75 Å². The summed E-state index contributed by atoms with van der Waals surface area (Å²) in [7, 11) is -4.30. The van der Waals surface area contributed by atoms with E-state index in [4.69, 9.17) is 23.7 Å². The average Bonchev–Trinajstić information content (AvgIpc) is 3.06. The first-order valence-corrected chi connectivity index (χ1v) is 12.7. The Morgan fingerprint density at radius 2 is 1.95 bits per heavy atom. The van der Waals surface area contributed by atoms with Crippen molar-refractivity contribution in [2.24, 2.45) is 0 Å². The maximum absolute atomic E-state index is 13.6. The average molecular weight is 540 g/mol. The molecule has 2 aromatic rings. The summed E-state index contributed by atoms with van der Waals surface area (Å²) in [5, 5.41) is 32.9. The summed E-state index contributed by atoms with van der Waals surface area (Å²) in [6.45, 7) is 5.23. The number of carbonyl (C=O) groups excluding carboxylic acids is 1. The number of carbonyl (C=O) groups is 1. The fourth-order valence-electron chi connectivity index (χ4n) is 3.27. The molecule has 1 aromatic carbocycles. The Morgan fingerprint density at radius 3 is 2.54 bits per heavy atom. The number of aromatic nitrogens is 2. The van der Waals surface area contributed by atoms with Crippen LogP contribution in [-0.2, 0) is 23.4 Å². The molecule has 14 nitrogen and oxygen atoms in total. The predicted octanol–water partition coefficient (Wildman–Crippen LogP) is 2.23. The highest BCUT2D eigenvalue weighted by atomic mass is 31.2. The molecule has 4 atom stereocenters. The van der Waals surface area contributed by atoms with Crippen LogP contribution in [0.3, 0.4) is 0 Å². The second-order valence-electron chi connectivity index (χ2n) is 8.52. The quantitative estimate of drug-likeness (QED) is 0.159. The number of aliphatic hydroxyl groups excluding tert-OH is 1. The Balaban J connectivity index is 1.82. The van der Waals surface area contributed by atoms with E-state index in [9.17, 15) is 24.4 Å². The van der Waals surface area contributed by atoms with Crippen molar-refractivity contribution < 1.29 is 43.3 Å². The number of ether oxygens (including phenoxy) is 2. The number of nitrogens with one attached hydrogen (secondary N) is 2. The summed E-state index contributed by atoms with van der Waals surface area (Å²) in [4.78, 5) is 28.2. The number of nitrogens with zero attached hydrogens (tertiary/aromatic N) is 2. The zero-order valence-corrected chi connectivity index (χ0v) is 21.4. The lowest BCUT2D eigenvalue weighted by Crippen LogP contribution is -2.40. The van der Waals surface area contributed by atoms with Crippen LogP contribution in [0.2, 0.25) is 0 Å². The molecule has 1 aliphatic rings. The van der Waals surface area contributed by atoms with Gasteiger partial charge in [0, 0.05) is 6.20 Å². The van der Waals surface area contributed by atoms with Gasteiger partial charge in [0.05, 0.1) is 6.10 Å². The minimum Gasteiger partial charge on any atom is -0.506 e. The van der Waals surface area contributed by atoms with Gasteiger partial charge in [-0.3, -0.25) is 24.6 Å². The first-order chi connectivity index (χ1) is 17.4. The summed E-state index contributed by atoms with van der Waals surface area (Å²) >= 11 is 0. The van der Waals surface area contributed by atoms with E-state index in [-0.39, 0.29) is 17.3 Å². The van der Waals surface area contributed by atoms with Crippen molar-refractivity contribution in [3.05, 3.63) is 64.6 Å². The van der Waals surface area contributed by atoms with Gasteiger partial charge >= 0.3 is 19.4 Å². The second kappa shape index (κ2) is 11.3. The zero-order chi connectivity index (χ0) is 27.4. The first kappa shape index (κ1) is 28.2. The second-order valence-corrected chi connectivity index (χ2v) is 10.2. The number of hydrogen-bond donors (Lipinski definition) is 5. The molecule has 0 saturated heterocycles. The molecular formula is C22H29N4O10P. The van der Waals surface area contributed by atoms with Crippen molar-refractivity contribution in [1.29, 1.82) is 0 Å². The number of aliphatic hydroxyl groups is 2. The summed E-state index contributed by atoms with van der Waals surface area (Å²) in [5.41, 5.74) is -1.29. The highest BCUT2D eigenvalue weighted by molar-refractivity contribution is 7.52. The Hall–Kier alpha value is -3.42. The largest absolute Gasteiger partial charge is 0.506 e. The Kier molecular flexibility index (Phi) is 8.61. The van der Waals surface area contributed by atoms with Crippen molar-refractivity contribution in [1.82, 2.24) is 14.6 Å². The molecule has 0 fully saturated rings. The Morgan fingerprint density at radius 1 is 1.27 bits per heavy atom. The smallest absolute Gasteiger partial charge is 0.459 e. The van der Waals surface area contributed by atoms with E-state index in [1.165, 1.54) is 38.2 Å². The van der Waals surface area contributed by atoms with Gasteiger partial charge in [0.15, 0.2) is 22.9 Å². The predicted molar refractivity (Wildman–Crippen MR) is 129 cm³/mol. The highest BCUT2D eigenvalue weighted by Gasteiger charge is 2.49. The van der Waals surface area contributed by atoms with Crippen LogP contribution in [0.5, 0.6) is 5.75 Å². The number of anilines is 1. The van der Waals surface area contributed by atoms with E-state index in [0.717, 1.165) is 4.57 Å². The van der Waals surface area contributed by atoms with E-state index >= 15 is 0 Å². The van der Waals surface area contributed by atoms with E-state index in [0.29, 0.717) is 0 Å². The van der Waals surface area contributed by atoms with Crippen molar-refractivity contribution >= 4 is 19.5 Å². The number of para-hydroxylation sites is 1. The zero-order valence-electron chi connectivity index (χ0n) is 20.5. The van der Waals surface area contributed by atoms with Crippen LogP contribution in [0.25, 0.3) is 0 Å². The maximum atomic E-state index is 13.6. The first-order valence-electron chi connectivity index (χ1n) is 11.1. The minimum absolute atomic E-state index is 0.144. The topological polar surface area (TPSA) is 191 Å². The van der Waals surface area contributed by atoms with Gasteiger partial charge in [-0.2, -0.15) is 10.1 Å². The molecule has 202 valence electrons. The van der Waals surface area contributed by atoms with Crippen LogP contribution in [-0.4, -0.2) is 55.3 Å². The Labute approximate surface area is 212 Å². The van der Waals surface area contributed by atoms with Gasteiger partial charge in [0.2, 0.25) is 6.23 Å². The SMILES string of the molecule is CC(C)OC(=O)[C@H](C)NP(=O)(OCC1=C(O)C(C)(O)[C@H](n2ccc(NO)nc2=O)O1)Oc1ccccc1. The number of rotatable bonds is 11. The lowest BCUT2D eigenvalue weighted by molar-refractivity contribution is -0.149. The molecule has 2 heterocycles. The van der Waals surface area contributed by atoms with Gasteiger partial charge in [-0.1, -0.05) is 18.2 Å². The summed E-state index contributed by atoms with van der Waals surface area (Å²) < 4.78 is 36.2. The third kappa shape index (κ3) is 6.67. The molecule has 1 aromatic heterocycles. The lowest BCUT2D eigenvalue weighted by atomic mass is 10.0. The summed E-state index contributed by atoms with van der Waals surface area (Å²) in [6.07, 6.45) is -0.710. The fourth-order valence-corrected chi connectivity index (χ4v) is 4.71. The molecule has 5 N–H and O–H groups in total. The van der Waals surface area contributed by atoms with Crippen LogP contribution in [0.15, 0.2) is 58.9 Å². The molecule has 15 heteroatoms. The molecule has 0 radical (unpaired) electrons. The van der Waals surface area contributed by atoms with Gasteiger partial charge in [0.25, 0.3) is 0 Å². The van der Waals surface area contributed by atoms with Crippen LogP contribution >= 0.6 is 7.75 Å². The number of benzene rings is 1. The highest BCUT2D eigenvalue weighted by Crippen LogP contribution is 2.47. The molecule has 0 bridgehead atoms. The van der Waals surface area contributed by atoms with Crippen LogP contribution in [0, 0.1) is 0 Å². The molecular weight excluding hydrogens is 511 g/mol. The standard InChI is InChI=1S/C22H29N4O10P/c1-13(2)34-19(28)14(3)25-37(32,36-15-8-6-5-7-9-15)33-12-16-18(27)22(4,30)20(35-16)26-11-10-17(24-31)23-21(26)29/h5-11,13-14,20,27,30-31H,12H2,1-4H3,(H,25,32)(H,23,24,29)/t14-,20+,22?,37?/m0/s1. The van der Waals surface area contributed by atoms with Crippen LogP contribution < -0.4 is 20.8 Å². The van der Waals surface area contributed by atoms with E-state index in [1.54, 1.807) is 37.5 Å². The van der Waals surface area contributed by atoms with Crippen molar-refractivity contribution in [2.75, 3.05) is 12.1 Å². The van der Waals surface area contributed by atoms with Gasteiger partial charge in [-0.25, -0.2) is 9.36 Å². The maximum Gasteiger partial charge on any atom is 0.459 e. The van der Waals surface area contributed by atoms with Gasteiger partial charge in [0.1, 0.15) is 18.4 Å². The Bertz CT molecular complexity index is 1250. The normalized spacial score (nSPS) is 21.8. The van der Waals surface area contributed by atoms with Gasteiger partial charge < -0.3 is 24.2 Å². The third-order valence-electron chi connectivity index (χ3n) is 5.07. The molecule has 2 unspecified atom stereocenters. The molecule has 1 aliphatic heterocycles. The third-order valence-corrected chi connectivity index (χ3v) is 6.69. The van der Waals surface area contributed by atoms with Crippen LogP contribution in [0.4, 0.5) is 5.82 Å². The molecule has 0 amide bonds. The molecule has 37 heavy (non-hydrogen) atoms. The minimum atomic E-state index is -4.30.